The van der Waals surface area contributed by atoms with Crippen molar-refractivity contribution in [2.45, 2.75) is 6.92 Å². The fourth-order valence-electron chi connectivity index (χ4n) is 1.91. The van der Waals surface area contributed by atoms with E-state index >= 15 is 0 Å². The smallest absolute Gasteiger partial charge is 0.254 e. The summed E-state index contributed by atoms with van der Waals surface area (Å²) in [6, 6.07) is 4.46. The van der Waals surface area contributed by atoms with Gasteiger partial charge in [-0.1, -0.05) is 0 Å². The van der Waals surface area contributed by atoms with Crippen LogP contribution in [0.25, 0.3) is 0 Å². The topological polar surface area (TPSA) is 32.3 Å². The van der Waals surface area contributed by atoms with Crippen LogP contribution in [0, 0.1) is 12.7 Å². The highest BCUT2D eigenvalue weighted by Crippen LogP contribution is 2.11. The summed E-state index contributed by atoms with van der Waals surface area (Å²) in [5, 5.41) is 3.18. The normalized spacial score (nSPS) is 15.3. The monoisotopic (exact) mass is 258 g/mol. The Morgan fingerprint density at radius 3 is 2.53 bits per heavy atom. The van der Waals surface area contributed by atoms with Crippen LogP contribution >= 0.6 is 12.4 Å². The molecule has 1 fully saturated rings. The third kappa shape index (κ3) is 3.41. The Balaban J connectivity index is 0.00000144. The molecule has 1 aromatic rings. The zero-order valence-corrected chi connectivity index (χ0v) is 10.5. The van der Waals surface area contributed by atoms with Crippen LogP contribution in [0.3, 0.4) is 0 Å². The third-order valence-corrected chi connectivity index (χ3v) is 2.69. The molecule has 1 saturated heterocycles. The van der Waals surface area contributed by atoms with Crippen molar-refractivity contribution >= 4 is 18.3 Å². The van der Waals surface area contributed by atoms with E-state index in [1.165, 1.54) is 12.1 Å². The predicted octanol–water partition coefficient (Wildman–Crippen LogP) is 1.60. The maximum Gasteiger partial charge on any atom is 0.254 e. The summed E-state index contributed by atoms with van der Waals surface area (Å²) in [6.07, 6.45) is 0. The van der Waals surface area contributed by atoms with Gasteiger partial charge < -0.3 is 10.2 Å². The van der Waals surface area contributed by atoms with E-state index in [-0.39, 0.29) is 24.1 Å². The Morgan fingerprint density at radius 2 is 1.94 bits per heavy atom. The minimum Gasteiger partial charge on any atom is -0.336 e. The number of hydrogen-bond donors (Lipinski definition) is 1. The number of carbonyl (C=O) groups is 1. The number of hydrogen-bond acceptors (Lipinski definition) is 2. The Labute approximate surface area is 106 Å². The predicted molar refractivity (Wildman–Crippen MR) is 67.2 cm³/mol. The number of nitrogens with one attached hydrogen (secondary N) is 1. The summed E-state index contributed by atoms with van der Waals surface area (Å²) in [5.41, 5.74) is 1.22. The highest BCUT2D eigenvalue weighted by Gasteiger charge is 2.18. The van der Waals surface area contributed by atoms with Gasteiger partial charge in [-0.15, -0.1) is 12.4 Å². The molecule has 0 radical (unpaired) electrons. The zero-order valence-electron chi connectivity index (χ0n) is 9.70. The van der Waals surface area contributed by atoms with Crippen LogP contribution in [0.15, 0.2) is 18.2 Å². The maximum absolute atomic E-state index is 13.2. The number of piperazine rings is 1. The Bertz CT molecular complexity index is 385. The van der Waals surface area contributed by atoms with Crippen LogP contribution in [-0.2, 0) is 0 Å². The van der Waals surface area contributed by atoms with Gasteiger partial charge >= 0.3 is 0 Å². The molecule has 0 unspecified atom stereocenters. The summed E-state index contributed by atoms with van der Waals surface area (Å²) < 4.78 is 13.2. The molecule has 94 valence electrons. The van der Waals surface area contributed by atoms with Gasteiger partial charge in [0.25, 0.3) is 5.91 Å². The van der Waals surface area contributed by atoms with Gasteiger partial charge in [-0.05, 0) is 30.7 Å². The number of carbonyl (C=O) groups excluding carboxylic acids is 1. The molecular formula is C12H16ClFN2O. The lowest BCUT2D eigenvalue weighted by molar-refractivity contribution is 0.0735. The second kappa shape index (κ2) is 5.98. The van der Waals surface area contributed by atoms with Crippen molar-refractivity contribution in [3.05, 3.63) is 35.1 Å². The Morgan fingerprint density at radius 1 is 1.29 bits per heavy atom. The Hall–Kier alpha value is -1.13. The second-order valence-corrected chi connectivity index (χ2v) is 4.06. The molecule has 0 atom stereocenters. The van der Waals surface area contributed by atoms with Gasteiger partial charge in [0, 0.05) is 31.7 Å². The van der Waals surface area contributed by atoms with E-state index in [4.69, 9.17) is 0 Å². The fourth-order valence-corrected chi connectivity index (χ4v) is 1.91. The largest absolute Gasteiger partial charge is 0.336 e. The molecule has 1 aromatic carbocycles. The molecule has 3 nitrogen and oxygen atoms in total. The van der Waals surface area contributed by atoms with Crippen molar-refractivity contribution in [3.63, 3.8) is 0 Å². The molecule has 0 saturated carbocycles. The number of rotatable bonds is 1. The minimum atomic E-state index is -0.349. The molecule has 1 N–H and O–H groups in total. The summed E-state index contributed by atoms with van der Waals surface area (Å²) in [4.78, 5) is 13.8. The van der Waals surface area contributed by atoms with Crippen LogP contribution in [0.5, 0.6) is 0 Å². The molecule has 0 aromatic heterocycles. The average Bonchev–Trinajstić information content (AvgIpc) is 2.28. The average molecular weight is 259 g/mol. The third-order valence-electron chi connectivity index (χ3n) is 2.69. The molecule has 1 aliphatic rings. The van der Waals surface area contributed by atoms with Crippen molar-refractivity contribution in [3.8, 4) is 0 Å². The van der Waals surface area contributed by atoms with Gasteiger partial charge in [0.1, 0.15) is 5.82 Å². The number of amides is 1. The molecule has 5 heteroatoms. The van der Waals surface area contributed by atoms with Crippen LogP contribution in [0.1, 0.15) is 15.9 Å². The molecule has 17 heavy (non-hydrogen) atoms. The standard InChI is InChI=1S/C12H15FN2O.ClH/c1-9-6-10(8-11(13)7-9)12(16)15-4-2-14-3-5-15;/h6-8,14H,2-5H2,1H3;1H. The molecule has 0 aliphatic carbocycles. The van der Waals surface area contributed by atoms with Gasteiger partial charge in [-0.3, -0.25) is 4.79 Å². The highest BCUT2D eigenvalue weighted by molar-refractivity contribution is 5.94. The number of benzene rings is 1. The van der Waals surface area contributed by atoms with Crippen molar-refractivity contribution < 1.29 is 9.18 Å². The van der Waals surface area contributed by atoms with Crippen molar-refractivity contribution in [1.82, 2.24) is 10.2 Å². The molecule has 1 heterocycles. The Kier molecular flexibility index (Phi) is 4.90. The second-order valence-electron chi connectivity index (χ2n) is 4.06. The van der Waals surface area contributed by atoms with Crippen LogP contribution in [-0.4, -0.2) is 37.0 Å². The van der Waals surface area contributed by atoms with E-state index in [1.807, 2.05) is 0 Å². The lowest BCUT2D eigenvalue weighted by Crippen LogP contribution is -2.46. The van der Waals surface area contributed by atoms with E-state index in [0.29, 0.717) is 18.7 Å². The first-order chi connectivity index (χ1) is 7.66. The van der Waals surface area contributed by atoms with Crippen molar-refractivity contribution in [2.24, 2.45) is 0 Å². The molecule has 1 amide bonds. The zero-order chi connectivity index (χ0) is 11.5. The van der Waals surface area contributed by atoms with Gasteiger partial charge in [0.05, 0.1) is 0 Å². The molecule has 0 bridgehead atoms. The minimum absolute atomic E-state index is 0. The number of nitrogens with zero attached hydrogens (tertiary/aromatic N) is 1. The van der Waals surface area contributed by atoms with E-state index in [0.717, 1.165) is 18.7 Å². The lowest BCUT2D eigenvalue weighted by Gasteiger charge is -2.27. The van der Waals surface area contributed by atoms with Gasteiger partial charge in [-0.2, -0.15) is 0 Å². The maximum atomic E-state index is 13.2. The first-order valence-corrected chi connectivity index (χ1v) is 5.44. The first-order valence-electron chi connectivity index (χ1n) is 5.44. The summed E-state index contributed by atoms with van der Waals surface area (Å²) >= 11 is 0. The highest BCUT2D eigenvalue weighted by atomic mass is 35.5. The number of halogens is 2. The van der Waals surface area contributed by atoms with Crippen LogP contribution < -0.4 is 5.32 Å². The van der Waals surface area contributed by atoms with Crippen molar-refractivity contribution in [2.75, 3.05) is 26.2 Å². The van der Waals surface area contributed by atoms with Crippen LogP contribution in [0.4, 0.5) is 4.39 Å². The fraction of sp³-hybridized carbons (Fsp3) is 0.417. The summed E-state index contributed by atoms with van der Waals surface area (Å²) in [6.45, 7) is 4.78. The molecule has 2 rings (SSSR count). The van der Waals surface area contributed by atoms with Crippen LogP contribution in [0.2, 0.25) is 0 Å². The van der Waals surface area contributed by atoms with Gasteiger partial charge in [-0.25, -0.2) is 4.39 Å². The SMILES string of the molecule is Cc1cc(F)cc(C(=O)N2CCNCC2)c1.Cl. The number of aryl methyl sites for hydroxylation is 1. The quantitative estimate of drug-likeness (QED) is 0.830. The molecular weight excluding hydrogens is 243 g/mol. The van der Waals surface area contributed by atoms with Gasteiger partial charge in [0.2, 0.25) is 0 Å². The van der Waals surface area contributed by atoms with E-state index in [1.54, 1.807) is 17.9 Å². The summed E-state index contributed by atoms with van der Waals surface area (Å²) in [7, 11) is 0. The van der Waals surface area contributed by atoms with Gasteiger partial charge in [0.15, 0.2) is 0 Å². The molecule has 0 spiro atoms. The van der Waals surface area contributed by atoms with E-state index in [9.17, 15) is 9.18 Å². The molecule has 1 aliphatic heterocycles. The lowest BCUT2D eigenvalue weighted by atomic mass is 10.1. The first kappa shape index (κ1) is 13.9. The van der Waals surface area contributed by atoms with E-state index in [2.05, 4.69) is 5.32 Å². The van der Waals surface area contributed by atoms with Crippen molar-refractivity contribution in [1.29, 1.82) is 0 Å². The van der Waals surface area contributed by atoms with E-state index < -0.39 is 0 Å². The summed E-state index contributed by atoms with van der Waals surface area (Å²) in [5.74, 6) is -0.428.